The van der Waals surface area contributed by atoms with Gasteiger partial charge in [-0.2, -0.15) is 0 Å². The number of azide groups is 1. The van der Waals surface area contributed by atoms with Crippen molar-refractivity contribution in [3.8, 4) is 0 Å². The first kappa shape index (κ1) is 34.6. The van der Waals surface area contributed by atoms with Crippen LogP contribution in [0.3, 0.4) is 0 Å². The van der Waals surface area contributed by atoms with Crippen LogP contribution in [0.1, 0.15) is 115 Å². The molecule has 0 spiro atoms. The summed E-state index contributed by atoms with van der Waals surface area (Å²) in [6.07, 6.45) is 21.6. The molecule has 2 atom stereocenters. The standard InChI is InChI=1S/C29H53N4O4P/c1-33(2,3)26-29(37-38(34,35)36)21-19-17-15-13-11-9-7-5-4-6-8-10-12-14-16-18-20-27-22-24-28(25-23-27)31-32-30/h22-25,29H,4-21,26H2,1-3H3,(H-,34,35,36). The van der Waals surface area contributed by atoms with Crippen LogP contribution < -0.4 is 4.89 Å². The lowest BCUT2D eigenvalue weighted by Gasteiger charge is -2.31. The minimum Gasteiger partial charge on any atom is -0.756 e. The number of likely N-dealkylation sites (N-methyl/N-ethyl adjacent to an activating group) is 1. The molecule has 0 fully saturated rings. The van der Waals surface area contributed by atoms with Crippen LogP contribution in [0.15, 0.2) is 29.4 Å². The van der Waals surface area contributed by atoms with E-state index in [9.17, 15) is 9.46 Å². The molecule has 1 rings (SSSR count). The minimum atomic E-state index is -4.68. The number of unbranched alkanes of at least 4 members (excludes halogenated alkanes) is 15. The molecule has 0 amide bonds. The van der Waals surface area contributed by atoms with Crippen molar-refractivity contribution in [1.29, 1.82) is 0 Å². The molecule has 1 aromatic carbocycles. The Hall–Kier alpha value is -1.40. The van der Waals surface area contributed by atoms with E-state index in [1.54, 1.807) is 0 Å². The molecule has 0 aromatic heterocycles. The highest BCUT2D eigenvalue weighted by molar-refractivity contribution is 7.44. The Bertz CT molecular complexity index is 817. The quantitative estimate of drug-likeness (QED) is 0.0346. The number of nitrogens with zero attached hydrogens (tertiary/aromatic N) is 4. The maximum atomic E-state index is 11.1. The van der Waals surface area contributed by atoms with Crippen molar-refractivity contribution in [2.75, 3.05) is 27.7 Å². The minimum absolute atomic E-state index is 0.454. The van der Waals surface area contributed by atoms with Crippen molar-refractivity contribution >= 4 is 13.5 Å². The summed E-state index contributed by atoms with van der Waals surface area (Å²) >= 11 is 0. The van der Waals surface area contributed by atoms with Crippen molar-refractivity contribution in [2.24, 2.45) is 5.11 Å². The number of aryl methyl sites for hydroxylation is 1. The Morgan fingerprint density at radius 2 is 1.26 bits per heavy atom. The fraction of sp³-hybridized carbons (Fsp3) is 0.793. The van der Waals surface area contributed by atoms with Crippen LogP contribution in [0.4, 0.5) is 5.69 Å². The highest BCUT2D eigenvalue weighted by Crippen LogP contribution is 2.34. The van der Waals surface area contributed by atoms with E-state index in [-0.39, 0.29) is 0 Å². The van der Waals surface area contributed by atoms with Crippen LogP contribution in [0, 0.1) is 0 Å². The third-order valence-corrected chi connectivity index (χ3v) is 7.44. The van der Waals surface area contributed by atoms with Gasteiger partial charge in [-0.25, -0.2) is 0 Å². The molecule has 0 aliphatic heterocycles. The normalized spacial score (nSPS) is 14.1. The third kappa shape index (κ3) is 21.5. The molecule has 0 saturated heterocycles. The van der Waals surface area contributed by atoms with Gasteiger partial charge in [-0.3, -0.25) is 4.57 Å². The van der Waals surface area contributed by atoms with Crippen LogP contribution in [0.5, 0.6) is 0 Å². The van der Waals surface area contributed by atoms with E-state index in [2.05, 4.69) is 22.2 Å². The predicted molar refractivity (Wildman–Crippen MR) is 155 cm³/mol. The van der Waals surface area contributed by atoms with E-state index in [0.717, 1.165) is 19.3 Å². The molecular formula is C29H53N4O4P. The van der Waals surface area contributed by atoms with Crippen molar-refractivity contribution in [3.05, 3.63) is 40.3 Å². The molecule has 1 aromatic rings. The predicted octanol–water partition coefficient (Wildman–Crippen LogP) is 8.35. The summed E-state index contributed by atoms with van der Waals surface area (Å²) in [5.41, 5.74) is 10.4. The Morgan fingerprint density at radius 1 is 0.842 bits per heavy atom. The number of phosphoric ester groups is 1. The first-order chi connectivity index (χ1) is 18.1. The van der Waals surface area contributed by atoms with Gasteiger partial charge in [0.15, 0.2) is 0 Å². The van der Waals surface area contributed by atoms with Crippen LogP contribution in [-0.4, -0.2) is 43.2 Å². The second-order valence-electron chi connectivity index (χ2n) is 11.7. The molecule has 0 heterocycles. The summed E-state index contributed by atoms with van der Waals surface area (Å²) in [6, 6.07) is 7.89. The molecule has 0 aliphatic rings. The number of quaternary nitrogens is 1. The first-order valence-corrected chi connectivity index (χ1v) is 16.3. The molecule has 38 heavy (non-hydrogen) atoms. The average Bonchev–Trinajstić information content (AvgIpc) is 2.82. The third-order valence-electron chi connectivity index (χ3n) is 6.87. The smallest absolute Gasteiger partial charge is 0.265 e. The Morgan fingerprint density at radius 3 is 1.66 bits per heavy atom. The van der Waals surface area contributed by atoms with Gasteiger partial charge in [-0.1, -0.05) is 126 Å². The Balaban J connectivity index is 1.87. The van der Waals surface area contributed by atoms with Gasteiger partial charge in [-0.05, 0) is 30.4 Å². The zero-order valence-electron chi connectivity index (χ0n) is 24.2. The Labute approximate surface area is 231 Å². The summed E-state index contributed by atoms with van der Waals surface area (Å²) in [6.45, 7) is 0.561. The summed E-state index contributed by atoms with van der Waals surface area (Å²) < 4.78 is 16.6. The van der Waals surface area contributed by atoms with E-state index >= 15 is 0 Å². The molecular weight excluding hydrogens is 499 g/mol. The number of rotatable bonds is 24. The summed E-state index contributed by atoms with van der Waals surface area (Å²) in [7, 11) is 1.29. The number of hydrogen-bond donors (Lipinski definition) is 1. The van der Waals surface area contributed by atoms with E-state index in [1.807, 2.05) is 33.3 Å². The summed E-state index contributed by atoms with van der Waals surface area (Å²) in [5, 5.41) is 3.61. The molecule has 1 N–H and O–H groups in total. The average molecular weight is 553 g/mol. The van der Waals surface area contributed by atoms with Crippen LogP contribution in [0.2, 0.25) is 0 Å². The number of hydrogen-bond acceptors (Lipinski definition) is 4. The maximum absolute atomic E-state index is 11.1. The molecule has 0 bridgehead atoms. The van der Waals surface area contributed by atoms with E-state index in [1.165, 1.54) is 95.5 Å². The largest absolute Gasteiger partial charge is 0.756 e. The maximum Gasteiger partial charge on any atom is 0.265 e. The molecule has 218 valence electrons. The molecule has 0 radical (unpaired) electrons. The van der Waals surface area contributed by atoms with Gasteiger partial charge in [0.2, 0.25) is 0 Å². The highest BCUT2D eigenvalue weighted by atomic mass is 31.2. The lowest BCUT2D eigenvalue weighted by Crippen LogP contribution is -2.42. The van der Waals surface area contributed by atoms with Crippen LogP contribution in [-0.2, 0) is 15.5 Å². The molecule has 8 nitrogen and oxygen atoms in total. The van der Waals surface area contributed by atoms with Gasteiger partial charge in [0.05, 0.1) is 21.1 Å². The van der Waals surface area contributed by atoms with E-state index in [4.69, 9.17) is 14.9 Å². The zero-order chi connectivity index (χ0) is 28.1. The van der Waals surface area contributed by atoms with Gasteiger partial charge in [0, 0.05) is 10.6 Å². The first-order valence-electron chi connectivity index (χ1n) is 14.8. The summed E-state index contributed by atoms with van der Waals surface area (Å²) in [4.78, 5) is 23.0. The van der Waals surface area contributed by atoms with Crippen molar-refractivity contribution in [3.63, 3.8) is 0 Å². The van der Waals surface area contributed by atoms with Gasteiger partial charge < -0.3 is 18.8 Å². The number of benzene rings is 1. The van der Waals surface area contributed by atoms with E-state index in [0.29, 0.717) is 23.1 Å². The van der Waals surface area contributed by atoms with Gasteiger partial charge in [0.1, 0.15) is 12.6 Å². The van der Waals surface area contributed by atoms with E-state index < -0.39 is 13.9 Å². The monoisotopic (exact) mass is 552 g/mol. The molecule has 0 aliphatic carbocycles. The second kappa shape index (κ2) is 20.5. The van der Waals surface area contributed by atoms with Crippen LogP contribution >= 0.6 is 7.82 Å². The van der Waals surface area contributed by atoms with Gasteiger partial charge in [-0.15, -0.1) is 0 Å². The van der Waals surface area contributed by atoms with Gasteiger partial charge in [0.25, 0.3) is 7.82 Å². The SMILES string of the molecule is C[N+](C)(C)CC(CCCCCCCCCCCCCCCCCCc1ccc(N=[N+]=[N-])cc1)OP(=O)([O-])O. The van der Waals surface area contributed by atoms with Crippen molar-refractivity contribution < 1.29 is 23.4 Å². The molecule has 2 unspecified atom stereocenters. The molecule has 0 saturated carbocycles. The fourth-order valence-corrected chi connectivity index (χ4v) is 5.48. The lowest BCUT2D eigenvalue weighted by molar-refractivity contribution is -0.873. The zero-order valence-corrected chi connectivity index (χ0v) is 25.1. The number of phosphoric acid groups is 1. The van der Waals surface area contributed by atoms with Crippen molar-refractivity contribution in [1.82, 2.24) is 0 Å². The second-order valence-corrected chi connectivity index (χ2v) is 12.9. The van der Waals surface area contributed by atoms with Crippen LogP contribution in [0.25, 0.3) is 10.4 Å². The van der Waals surface area contributed by atoms with Gasteiger partial charge >= 0.3 is 0 Å². The molecule has 9 heteroatoms. The topological polar surface area (TPSA) is 118 Å². The summed E-state index contributed by atoms with van der Waals surface area (Å²) in [5.74, 6) is 0. The Kier molecular flexibility index (Phi) is 18.7. The van der Waals surface area contributed by atoms with Crippen molar-refractivity contribution in [2.45, 2.75) is 122 Å². The highest BCUT2D eigenvalue weighted by Gasteiger charge is 2.22. The fourth-order valence-electron chi connectivity index (χ4n) is 4.93. The lowest BCUT2D eigenvalue weighted by atomic mass is 10.0.